The first kappa shape index (κ1) is 20.8. The molecule has 164 valence electrons. The molecule has 0 aliphatic heterocycles. The average molecular weight is 457 g/mol. The number of ether oxygens (including phenoxy) is 1. The number of nitrogens with one attached hydrogen (secondary N) is 2. The Morgan fingerprint density at radius 2 is 1.85 bits per heavy atom. The van der Waals surface area contributed by atoms with Gasteiger partial charge in [-0.2, -0.15) is 0 Å². The van der Waals surface area contributed by atoms with Crippen molar-refractivity contribution in [3.05, 3.63) is 95.8 Å². The van der Waals surface area contributed by atoms with Crippen molar-refractivity contribution in [2.24, 2.45) is 7.05 Å². The van der Waals surface area contributed by atoms with Crippen molar-refractivity contribution >= 4 is 40.1 Å². The highest BCUT2D eigenvalue weighted by molar-refractivity contribution is 6.30. The molecule has 0 aliphatic carbocycles. The highest BCUT2D eigenvalue weighted by Crippen LogP contribution is 2.25. The average Bonchev–Trinajstić information content (AvgIpc) is 3.16. The monoisotopic (exact) mass is 456 g/mol. The van der Waals surface area contributed by atoms with Crippen LogP contribution in [0, 0.1) is 0 Å². The molecule has 2 N–H and O–H groups in total. The van der Waals surface area contributed by atoms with Gasteiger partial charge in [0.15, 0.2) is 0 Å². The molecule has 0 unspecified atom stereocenters. The molecule has 0 saturated heterocycles. The van der Waals surface area contributed by atoms with Gasteiger partial charge in [-0.1, -0.05) is 29.8 Å². The summed E-state index contributed by atoms with van der Waals surface area (Å²) in [5.41, 5.74) is 4.01. The van der Waals surface area contributed by atoms with E-state index in [-0.39, 0.29) is 0 Å². The van der Waals surface area contributed by atoms with E-state index < -0.39 is 0 Å². The van der Waals surface area contributed by atoms with E-state index in [9.17, 15) is 0 Å². The van der Waals surface area contributed by atoms with Gasteiger partial charge in [-0.3, -0.25) is 0 Å². The van der Waals surface area contributed by atoms with Gasteiger partial charge in [0.1, 0.15) is 11.6 Å². The minimum absolute atomic E-state index is 0.502. The molecule has 0 spiro atoms. The second-order valence-electron chi connectivity index (χ2n) is 7.45. The summed E-state index contributed by atoms with van der Waals surface area (Å²) in [7, 11) is 2.00. The maximum absolute atomic E-state index is 5.86. The Balaban J connectivity index is 1.25. The lowest BCUT2D eigenvalue weighted by Crippen LogP contribution is -2.05. The van der Waals surface area contributed by atoms with Gasteiger partial charge in [-0.05, 0) is 54.1 Å². The SMILES string of the molecule is Cn1c(NCc2ccc(Oc3ccc(Cl)cn3)cc2)nc2ccc(Nc3ccccn3)cc21. The Morgan fingerprint density at radius 1 is 0.970 bits per heavy atom. The Bertz CT molecular complexity index is 1370. The molecule has 0 atom stereocenters. The van der Waals surface area contributed by atoms with Crippen molar-refractivity contribution in [1.29, 1.82) is 0 Å². The van der Waals surface area contributed by atoms with E-state index in [1.807, 2.05) is 66.2 Å². The van der Waals surface area contributed by atoms with E-state index in [1.54, 1.807) is 24.5 Å². The highest BCUT2D eigenvalue weighted by Gasteiger charge is 2.09. The maximum Gasteiger partial charge on any atom is 0.219 e. The van der Waals surface area contributed by atoms with Crippen LogP contribution < -0.4 is 15.4 Å². The molecule has 0 amide bonds. The van der Waals surface area contributed by atoms with Crippen LogP contribution in [0.2, 0.25) is 5.02 Å². The van der Waals surface area contributed by atoms with Crippen LogP contribution >= 0.6 is 11.6 Å². The summed E-state index contributed by atoms with van der Waals surface area (Å²) in [6, 6.07) is 23.2. The number of fused-ring (bicyclic) bond motifs is 1. The lowest BCUT2D eigenvalue weighted by molar-refractivity contribution is 0.463. The summed E-state index contributed by atoms with van der Waals surface area (Å²) in [6.45, 7) is 0.635. The first-order valence-electron chi connectivity index (χ1n) is 10.4. The molecule has 8 heteroatoms. The summed E-state index contributed by atoms with van der Waals surface area (Å²) in [4.78, 5) is 13.2. The third-order valence-corrected chi connectivity index (χ3v) is 5.34. The van der Waals surface area contributed by atoms with Crippen molar-refractivity contribution in [3.63, 3.8) is 0 Å². The molecule has 33 heavy (non-hydrogen) atoms. The molecule has 0 bridgehead atoms. The van der Waals surface area contributed by atoms with Crippen LogP contribution in [-0.4, -0.2) is 19.5 Å². The van der Waals surface area contributed by atoms with E-state index in [0.717, 1.165) is 34.1 Å². The summed E-state index contributed by atoms with van der Waals surface area (Å²) in [5.74, 6) is 2.81. The zero-order chi connectivity index (χ0) is 22.6. The molecule has 0 saturated carbocycles. The molecule has 3 aromatic heterocycles. The third-order valence-electron chi connectivity index (χ3n) is 5.11. The van der Waals surface area contributed by atoms with E-state index in [1.165, 1.54) is 0 Å². The van der Waals surface area contributed by atoms with E-state index in [4.69, 9.17) is 21.3 Å². The normalized spacial score (nSPS) is 10.8. The third kappa shape index (κ3) is 4.88. The summed E-state index contributed by atoms with van der Waals surface area (Å²) in [5, 5.41) is 7.31. The summed E-state index contributed by atoms with van der Waals surface area (Å²) >= 11 is 5.86. The fourth-order valence-corrected chi connectivity index (χ4v) is 3.52. The van der Waals surface area contributed by atoms with Crippen LogP contribution in [0.3, 0.4) is 0 Å². The van der Waals surface area contributed by atoms with Gasteiger partial charge in [-0.15, -0.1) is 0 Å². The highest BCUT2D eigenvalue weighted by atomic mass is 35.5. The number of imidazole rings is 1. The minimum atomic E-state index is 0.502. The Hall–Kier alpha value is -4.10. The van der Waals surface area contributed by atoms with Crippen molar-refractivity contribution in [2.75, 3.05) is 10.6 Å². The predicted molar refractivity (Wildman–Crippen MR) is 131 cm³/mol. The summed E-state index contributed by atoms with van der Waals surface area (Å²) < 4.78 is 7.79. The van der Waals surface area contributed by atoms with Gasteiger partial charge in [0, 0.05) is 37.7 Å². The second-order valence-corrected chi connectivity index (χ2v) is 7.89. The lowest BCUT2D eigenvalue weighted by atomic mass is 10.2. The molecule has 0 fully saturated rings. The number of hydrogen-bond donors (Lipinski definition) is 2. The number of aryl methyl sites for hydroxylation is 1. The van der Waals surface area contributed by atoms with E-state index in [0.29, 0.717) is 23.2 Å². The van der Waals surface area contributed by atoms with Crippen LogP contribution in [0.4, 0.5) is 17.5 Å². The van der Waals surface area contributed by atoms with Crippen molar-refractivity contribution in [2.45, 2.75) is 6.54 Å². The van der Waals surface area contributed by atoms with Gasteiger partial charge < -0.3 is 19.9 Å². The molecule has 0 aliphatic rings. The second kappa shape index (κ2) is 9.18. The van der Waals surface area contributed by atoms with Gasteiger partial charge in [0.05, 0.1) is 16.1 Å². The molecule has 0 radical (unpaired) electrons. The number of benzene rings is 2. The molecule has 5 rings (SSSR count). The molecule has 3 heterocycles. The number of nitrogens with zero attached hydrogens (tertiary/aromatic N) is 4. The van der Waals surface area contributed by atoms with Crippen LogP contribution in [-0.2, 0) is 13.6 Å². The Kier molecular flexibility index (Phi) is 5.78. The predicted octanol–water partition coefficient (Wildman–Crippen LogP) is 6.16. The number of halogens is 1. The van der Waals surface area contributed by atoms with Gasteiger partial charge in [0.2, 0.25) is 11.8 Å². The van der Waals surface area contributed by atoms with Crippen LogP contribution in [0.15, 0.2) is 85.2 Å². The topological polar surface area (TPSA) is 76.9 Å². The van der Waals surface area contributed by atoms with Crippen molar-refractivity contribution in [1.82, 2.24) is 19.5 Å². The standard InChI is InChI=1S/C25H21ClN6O/c1-32-22-14-19(30-23-4-2-3-13-27-23)8-11-21(22)31-25(32)29-15-17-5-9-20(10-6-17)33-24-12-7-18(26)16-28-24/h2-14,16H,15H2,1H3,(H,27,30)(H,29,31). The van der Waals surface area contributed by atoms with Gasteiger partial charge in [0.25, 0.3) is 0 Å². The Labute approximate surface area is 196 Å². The smallest absolute Gasteiger partial charge is 0.219 e. The first-order chi connectivity index (χ1) is 16.1. The molecular formula is C25H21ClN6O. The number of aromatic nitrogens is 4. The molecular weight excluding hydrogens is 436 g/mol. The number of rotatable bonds is 7. The maximum atomic E-state index is 5.86. The molecule has 7 nitrogen and oxygen atoms in total. The van der Waals surface area contributed by atoms with Crippen LogP contribution in [0.1, 0.15) is 5.56 Å². The largest absolute Gasteiger partial charge is 0.439 e. The van der Waals surface area contributed by atoms with Gasteiger partial charge >= 0.3 is 0 Å². The minimum Gasteiger partial charge on any atom is -0.439 e. The van der Waals surface area contributed by atoms with Crippen molar-refractivity contribution in [3.8, 4) is 11.6 Å². The number of hydrogen-bond acceptors (Lipinski definition) is 6. The zero-order valence-electron chi connectivity index (χ0n) is 17.9. The lowest BCUT2D eigenvalue weighted by Gasteiger charge is -2.09. The van der Waals surface area contributed by atoms with E-state index >= 15 is 0 Å². The van der Waals surface area contributed by atoms with E-state index in [2.05, 4.69) is 26.7 Å². The van der Waals surface area contributed by atoms with Gasteiger partial charge in [-0.25, -0.2) is 15.0 Å². The van der Waals surface area contributed by atoms with Crippen molar-refractivity contribution < 1.29 is 4.74 Å². The summed E-state index contributed by atoms with van der Waals surface area (Å²) in [6.07, 6.45) is 3.32. The fourth-order valence-electron chi connectivity index (χ4n) is 3.41. The number of anilines is 3. The van der Waals surface area contributed by atoms with Crippen LogP contribution in [0.25, 0.3) is 11.0 Å². The molecule has 2 aromatic carbocycles. The first-order valence-corrected chi connectivity index (χ1v) is 10.8. The quantitative estimate of drug-likeness (QED) is 0.305. The Morgan fingerprint density at radius 3 is 2.61 bits per heavy atom. The van der Waals surface area contributed by atoms with Crippen LogP contribution in [0.5, 0.6) is 11.6 Å². The molecule has 5 aromatic rings. The number of pyridine rings is 2. The fraction of sp³-hybridized carbons (Fsp3) is 0.0800. The zero-order valence-corrected chi connectivity index (χ0v) is 18.6.